The molecule has 0 bridgehead atoms. The first kappa shape index (κ1) is 14.2. The molecule has 0 aliphatic rings. The van der Waals surface area contributed by atoms with Gasteiger partial charge in [-0.25, -0.2) is 14.5 Å². The van der Waals surface area contributed by atoms with Crippen LogP contribution in [0.15, 0.2) is 24.3 Å². The first-order valence-electron chi connectivity index (χ1n) is 6.82. The fraction of sp³-hybridized carbons (Fsp3) is 0.400. The van der Waals surface area contributed by atoms with Gasteiger partial charge in [-0.3, -0.25) is 0 Å². The van der Waals surface area contributed by atoms with Crippen LogP contribution in [-0.4, -0.2) is 25.8 Å². The van der Waals surface area contributed by atoms with Gasteiger partial charge in [-0.05, 0) is 24.1 Å². The molecule has 0 radical (unpaired) electrons. The highest BCUT2D eigenvalue weighted by atomic mass is 16.4. The Hall–Kier alpha value is -2.17. The fourth-order valence-corrected chi connectivity index (χ4v) is 2.07. The summed E-state index contributed by atoms with van der Waals surface area (Å²) < 4.78 is 1.61. The number of aromatic carboxylic acids is 1. The smallest absolute Gasteiger partial charge is 0.375 e. The number of aryl methyl sites for hydroxylation is 1. The van der Waals surface area contributed by atoms with Crippen LogP contribution in [-0.2, 0) is 6.42 Å². The van der Waals surface area contributed by atoms with Crippen molar-refractivity contribution < 1.29 is 9.90 Å². The van der Waals surface area contributed by atoms with E-state index in [-0.39, 0.29) is 11.7 Å². The highest BCUT2D eigenvalue weighted by Gasteiger charge is 2.18. The number of carboxylic acid groups (broad SMARTS) is 1. The molecular weight excluding hydrogens is 254 g/mol. The van der Waals surface area contributed by atoms with Crippen molar-refractivity contribution in [3.8, 4) is 5.69 Å². The quantitative estimate of drug-likeness (QED) is 0.909. The number of aromatic nitrogens is 3. The molecule has 0 aliphatic carbocycles. The maximum Gasteiger partial charge on any atom is 0.375 e. The van der Waals surface area contributed by atoms with Gasteiger partial charge in [0, 0.05) is 5.92 Å². The van der Waals surface area contributed by atoms with Crippen molar-refractivity contribution in [2.45, 2.75) is 39.5 Å². The largest absolute Gasteiger partial charge is 0.475 e. The maximum atomic E-state index is 11.0. The van der Waals surface area contributed by atoms with Gasteiger partial charge in [-0.15, -0.1) is 5.10 Å². The molecule has 5 nitrogen and oxygen atoms in total. The van der Waals surface area contributed by atoms with Crippen LogP contribution >= 0.6 is 0 Å². The van der Waals surface area contributed by atoms with Crippen LogP contribution < -0.4 is 0 Å². The molecule has 1 aromatic carbocycles. The Balaban J connectivity index is 2.42. The second kappa shape index (κ2) is 5.86. The molecular formula is C15H19N3O2. The van der Waals surface area contributed by atoms with E-state index in [0.717, 1.165) is 18.5 Å². The Morgan fingerprint density at radius 2 is 1.95 bits per heavy atom. The first-order chi connectivity index (χ1) is 9.52. The van der Waals surface area contributed by atoms with Gasteiger partial charge >= 0.3 is 5.97 Å². The second-order valence-corrected chi connectivity index (χ2v) is 5.08. The third-order valence-corrected chi connectivity index (χ3v) is 3.06. The van der Waals surface area contributed by atoms with E-state index in [1.54, 1.807) is 4.68 Å². The fourth-order valence-electron chi connectivity index (χ4n) is 2.07. The Kier molecular flexibility index (Phi) is 4.17. The summed E-state index contributed by atoms with van der Waals surface area (Å²) in [6.45, 7) is 6.08. The zero-order valence-electron chi connectivity index (χ0n) is 12.0. The van der Waals surface area contributed by atoms with Gasteiger partial charge in [0.15, 0.2) is 0 Å². The maximum absolute atomic E-state index is 11.0. The van der Waals surface area contributed by atoms with E-state index in [4.69, 9.17) is 5.11 Å². The molecule has 1 heterocycles. The lowest BCUT2D eigenvalue weighted by Crippen LogP contribution is -2.05. The topological polar surface area (TPSA) is 68.0 Å². The summed E-state index contributed by atoms with van der Waals surface area (Å²) in [5, 5.41) is 13.1. The molecule has 2 aromatic rings. The Labute approximate surface area is 118 Å². The van der Waals surface area contributed by atoms with E-state index in [1.807, 2.05) is 38.1 Å². The first-order valence-corrected chi connectivity index (χ1v) is 6.82. The molecule has 0 fully saturated rings. The van der Waals surface area contributed by atoms with E-state index < -0.39 is 5.97 Å². The molecule has 0 aliphatic heterocycles. The second-order valence-electron chi connectivity index (χ2n) is 5.08. The summed E-state index contributed by atoms with van der Waals surface area (Å²) in [5.74, 6) is -0.504. The van der Waals surface area contributed by atoms with Crippen LogP contribution in [0.3, 0.4) is 0 Å². The van der Waals surface area contributed by atoms with E-state index in [1.165, 1.54) is 5.56 Å². The molecule has 106 valence electrons. The summed E-state index contributed by atoms with van der Waals surface area (Å²) >= 11 is 0. The van der Waals surface area contributed by atoms with E-state index in [9.17, 15) is 4.79 Å². The number of carboxylic acids is 1. The van der Waals surface area contributed by atoms with E-state index in [0.29, 0.717) is 5.82 Å². The van der Waals surface area contributed by atoms with Crippen molar-refractivity contribution in [1.29, 1.82) is 0 Å². The van der Waals surface area contributed by atoms with Gasteiger partial charge < -0.3 is 5.11 Å². The van der Waals surface area contributed by atoms with Crippen molar-refractivity contribution in [2.75, 3.05) is 0 Å². The number of rotatable bonds is 5. The van der Waals surface area contributed by atoms with Gasteiger partial charge in [0.25, 0.3) is 5.82 Å². The predicted octanol–water partition coefficient (Wildman–Crippen LogP) is 3.04. The minimum Gasteiger partial charge on any atom is -0.475 e. The molecule has 0 amide bonds. The Bertz CT molecular complexity index is 600. The zero-order chi connectivity index (χ0) is 14.7. The van der Waals surface area contributed by atoms with Crippen molar-refractivity contribution >= 4 is 5.97 Å². The van der Waals surface area contributed by atoms with Crippen LogP contribution in [0.4, 0.5) is 0 Å². The minimum absolute atomic E-state index is 0.103. The van der Waals surface area contributed by atoms with Gasteiger partial charge in [-0.1, -0.05) is 39.3 Å². The number of benzene rings is 1. The lowest BCUT2D eigenvalue weighted by molar-refractivity contribution is 0.0683. The normalized spacial score (nSPS) is 11.0. The van der Waals surface area contributed by atoms with Crippen molar-refractivity contribution in [2.24, 2.45) is 0 Å². The molecule has 5 heteroatoms. The van der Waals surface area contributed by atoms with Crippen LogP contribution in [0.1, 0.15) is 55.1 Å². The number of hydrogen-bond acceptors (Lipinski definition) is 3. The Morgan fingerprint density at radius 3 is 2.45 bits per heavy atom. The molecule has 0 atom stereocenters. The van der Waals surface area contributed by atoms with Crippen LogP contribution in [0.25, 0.3) is 5.69 Å². The molecule has 1 aromatic heterocycles. The molecule has 2 rings (SSSR count). The average molecular weight is 273 g/mol. The molecule has 1 N–H and O–H groups in total. The molecule has 20 heavy (non-hydrogen) atoms. The predicted molar refractivity (Wildman–Crippen MR) is 76.4 cm³/mol. The van der Waals surface area contributed by atoms with Gasteiger partial charge in [0.05, 0.1) is 5.69 Å². The highest BCUT2D eigenvalue weighted by Crippen LogP contribution is 2.18. The number of carbonyl (C=O) groups is 1. The summed E-state index contributed by atoms with van der Waals surface area (Å²) in [6, 6.07) is 8.00. The summed E-state index contributed by atoms with van der Waals surface area (Å²) in [7, 11) is 0. The molecule has 0 saturated carbocycles. The average Bonchev–Trinajstić information content (AvgIpc) is 2.85. The summed E-state index contributed by atoms with van der Waals surface area (Å²) in [5.41, 5.74) is 2.11. The molecule has 0 spiro atoms. The summed E-state index contributed by atoms with van der Waals surface area (Å²) in [4.78, 5) is 15.1. The van der Waals surface area contributed by atoms with E-state index in [2.05, 4.69) is 17.0 Å². The lowest BCUT2D eigenvalue weighted by Gasteiger charge is -2.08. The standard InChI is InChI=1S/C15H19N3O2/c1-4-5-11-6-8-12(9-7-11)18-14(10(2)3)16-13(17-18)15(19)20/h6-10H,4-5H2,1-3H3,(H,19,20). The molecule has 0 unspecified atom stereocenters. The van der Waals surface area contributed by atoms with Gasteiger partial charge in [0.2, 0.25) is 0 Å². The molecule has 0 saturated heterocycles. The number of nitrogens with zero attached hydrogens (tertiary/aromatic N) is 3. The monoisotopic (exact) mass is 273 g/mol. The SMILES string of the molecule is CCCc1ccc(-n2nc(C(=O)O)nc2C(C)C)cc1. The number of hydrogen-bond donors (Lipinski definition) is 1. The third-order valence-electron chi connectivity index (χ3n) is 3.06. The van der Waals surface area contributed by atoms with Gasteiger partial charge in [-0.2, -0.15) is 0 Å². The zero-order valence-corrected chi connectivity index (χ0v) is 12.0. The minimum atomic E-state index is -1.10. The lowest BCUT2D eigenvalue weighted by atomic mass is 10.1. The van der Waals surface area contributed by atoms with Gasteiger partial charge in [0.1, 0.15) is 5.82 Å². The van der Waals surface area contributed by atoms with Crippen molar-refractivity contribution in [3.05, 3.63) is 41.5 Å². The third kappa shape index (κ3) is 2.87. The van der Waals surface area contributed by atoms with Crippen molar-refractivity contribution in [1.82, 2.24) is 14.8 Å². The highest BCUT2D eigenvalue weighted by molar-refractivity contribution is 5.83. The van der Waals surface area contributed by atoms with Crippen molar-refractivity contribution in [3.63, 3.8) is 0 Å². The summed E-state index contributed by atoms with van der Waals surface area (Å²) in [6.07, 6.45) is 2.14. The van der Waals surface area contributed by atoms with Crippen LogP contribution in [0.2, 0.25) is 0 Å². The van der Waals surface area contributed by atoms with Crippen LogP contribution in [0.5, 0.6) is 0 Å². The van der Waals surface area contributed by atoms with E-state index >= 15 is 0 Å². The van der Waals surface area contributed by atoms with Crippen LogP contribution in [0, 0.1) is 0 Å². The Morgan fingerprint density at radius 1 is 1.30 bits per heavy atom.